The van der Waals surface area contributed by atoms with Gasteiger partial charge in [0.1, 0.15) is 0 Å². The topological polar surface area (TPSA) is 60.2 Å². The molecule has 0 saturated heterocycles. The van der Waals surface area contributed by atoms with Crippen LogP contribution in [0.1, 0.15) is 39.5 Å². The van der Waals surface area contributed by atoms with Crippen LogP contribution in [0, 0.1) is 17.8 Å². The van der Waals surface area contributed by atoms with E-state index in [0.29, 0.717) is 5.82 Å². The van der Waals surface area contributed by atoms with E-state index >= 15 is 0 Å². The first-order valence-electron chi connectivity index (χ1n) is 7.30. The van der Waals surface area contributed by atoms with Gasteiger partial charge >= 0.3 is 0 Å². The van der Waals surface area contributed by atoms with E-state index in [0.717, 1.165) is 35.0 Å². The fraction of sp³-hybridized carbons (Fsp3) is 0.786. The summed E-state index contributed by atoms with van der Waals surface area (Å²) in [6.07, 6.45) is 5.81. The number of hydrogen-bond acceptors (Lipinski definition) is 5. The van der Waals surface area contributed by atoms with Crippen LogP contribution in [0.2, 0.25) is 0 Å². The fourth-order valence-corrected chi connectivity index (χ4v) is 3.39. The van der Waals surface area contributed by atoms with E-state index in [-0.39, 0.29) is 6.10 Å². The van der Waals surface area contributed by atoms with E-state index in [9.17, 15) is 0 Å². The van der Waals surface area contributed by atoms with Crippen molar-refractivity contribution in [3.05, 3.63) is 0 Å². The number of nitrogens with zero attached hydrogens (tertiary/aromatic N) is 1. The Kier molecular flexibility index (Phi) is 3.56. The summed E-state index contributed by atoms with van der Waals surface area (Å²) in [6, 6.07) is 0. The zero-order chi connectivity index (χ0) is 13.4. The fourth-order valence-electron chi connectivity index (χ4n) is 2.73. The summed E-state index contributed by atoms with van der Waals surface area (Å²) in [4.78, 5) is 0. The molecule has 1 aromatic rings. The van der Waals surface area contributed by atoms with Crippen LogP contribution in [0.4, 0.5) is 10.8 Å². The SMILES string of the molecule is CC(C)Oc1c(N)nsc1NCC(C1CC1)C1CC1. The molecule has 1 heterocycles. The standard InChI is InChI=1S/C14H23N3OS/c1-8(2)18-12-13(15)17-19-14(12)16-7-11(9-3-4-9)10-5-6-10/h8-11,16H,3-7H2,1-2H3,(H2,15,17). The first-order valence-corrected chi connectivity index (χ1v) is 8.08. The molecule has 3 rings (SSSR count). The predicted molar refractivity (Wildman–Crippen MR) is 79.7 cm³/mol. The van der Waals surface area contributed by atoms with Gasteiger partial charge < -0.3 is 15.8 Å². The molecule has 0 amide bonds. The molecule has 2 saturated carbocycles. The summed E-state index contributed by atoms with van der Waals surface area (Å²) in [5, 5.41) is 4.53. The van der Waals surface area contributed by atoms with Gasteiger partial charge in [-0.2, -0.15) is 4.37 Å². The van der Waals surface area contributed by atoms with E-state index in [4.69, 9.17) is 10.5 Å². The normalized spacial score (nSPS) is 19.2. The number of hydrogen-bond donors (Lipinski definition) is 2. The van der Waals surface area contributed by atoms with Crippen molar-refractivity contribution in [2.75, 3.05) is 17.6 Å². The van der Waals surface area contributed by atoms with Crippen molar-refractivity contribution in [1.29, 1.82) is 0 Å². The lowest BCUT2D eigenvalue weighted by molar-refractivity contribution is 0.245. The van der Waals surface area contributed by atoms with Crippen molar-refractivity contribution in [3.63, 3.8) is 0 Å². The molecule has 19 heavy (non-hydrogen) atoms. The highest BCUT2D eigenvalue weighted by atomic mass is 32.1. The Morgan fingerprint density at radius 1 is 1.32 bits per heavy atom. The predicted octanol–water partition coefficient (Wildman–Crippen LogP) is 3.36. The smallest absolute Gasteiger partial charge is 0.197 e. The van der Waals surface area contributed by atoms with Gasteiger partial charge in [-0.3, -0.25) is 0 Å². The molecule has 2 aliphatic rings. The lowest BCUT2D eigenvalue weighted by atomic mass is 9.98. The van der Waals surface area contributed by atoms with Crippen LogP contribution >= 0.6 is 11.5 Å². The number of anilines is 2. The number of nitrogen functional groups attached to an aromatic ring is 1. The maximum Gasteiger partial charge on any atom is 0.197 e. The largest absolute Gasteiger partial charge is 0.484 e. The molecule has 1 aromatic heterocycles. The average Bonchev–Trinajstić information content (AvgIpc) is 3.24. The van der Waals surface area contributed by atoms with Gasteiger partial charge in [0, 0.05) is 6.54 Å². The Morgan fingerprint density at radius 3 is 2.47 bits per heavy atom. The lowest BCUT2D eigenvalue weighted by Crippen LogP contribution is -2.18. The Hall–Kier alpha value is -0.970. The van der Waals surface area contributed by atoms with Crippen LogP contribution in [0.25, 0.3) is 0 Å². The summed E-state index contributed by atoms with van der Waals surface area (Å²) in [7, 11) is 0. The summed E-state index contributed by atoms with van der Waals surface area (Å²) in [5.74, 6) is 4.01. The Morgan fingerprint density at radius 2 is 1.95 bits per heavy atom. The summed E-state index contributed by atoms with van der Waals surface area (Å²) < 4.78 is 9.96. The lowest BCUT2D eigenvalue weighted by Gasteiger charge is -2.17. The number of ether oxygens (including phenoxy) is 1. The van der Waals surface area contributed by atoms with Crippen LogP contribution in [0.3, 0.4) is 0 Å². The van der Waals surface area contributed by atoms with E-state index in [2.05, 4.69) is 9.69 Å². The van der Waals surface area contributed by atoms with Gasteiger partial charge in [0.15, 0.2) is 16.6 Å². The van der Waals surface area contributed by atoms with E-state index in [1.54, 1.807) is 0 Å². The number of rotatable bonds is 7. The molecule has 0 aliphatic heterocycles. The molecular weight excluding hydrogens is 258 g/mol. The summed E-state index contributed by atoms with van der Waals surface area (Å²) in [5.41, 5.74) is 5.87. The summed E-state index contributed by atoms with van der Waals surface area (Å²) >= 11 is 1.41. The molecule has 5 heteroatoms. The van der Waals surface area contributed by atoms with Crippen molar-refractivity contribution in [2.45, 2.75) is 45.6 Å². The second-order valence-electron chi connectivity index (χ2n) is 6.11. The van der Waals surface area contributed by atoms with Gasteiger partial charge in [-0.15, -0.1) is 0 Å². The third-order valence-electron chi connectivity index (χ3n) is 3.98. The Balaban J connectivity index is 1.62. The van der Waals surface area contributed by atoms with E-state index < -0.39 is 0 Å². The van der Waals surface area contributed by atoms with Crippen molar-refractivity contribution < 1.29 is 4.74 Å². The van der Waals surface area contributed by atoms with Gasteiger partial charge in [0.2, 0.25) is 0 Å². The minimum Gasteiger partial charge on any atom is -0.484 e. The second kappa shape index (κ2) is 5.19. The number of nitrogens with two attached hydrogens (primary N) is 1. The molecular formula is C14H23N3OS. The van der Waals surface area contributed by atoms with E-state index in [1.807, 2.05) is 13.8 Å². The molecule has 0 atom stereocenters. The van der Waals surface area contributed by atoms with Crippen LogP contribution < -0.4 is 15.8 Å². The van der Waals surface area contributed by atoms with Crippen LogP contribution in [-0.4, -0.2) is 17.0 Å². The van der Waals surface area contributed by atoms with Crippen molar-refractivity contribution >= 4 is 22.4 Å². The van der Waals surface area contributed by atoms with Crippen LogP contribution in [0.5, 0.6) is 5.75 Å². The third-order valence-corrected chi connectivity index (χ3v) is 4.78. The quantitative estimate of drug-likeness (QED) is 0.804. The molecule has 3 N–H and O–H groups in total. The highest BCUT2D eigenvalue weighted by Crippen LogP contribution is 2.49. The third kappa shape index (κ3) is 3.14. The number of nitrogens with one attached hydrogen (secondary N) is 1. The second-order valence-corrected chi connectivity index (χ2v) is 6.89. The van der Waals surface area contributed by atoms with Gasteiger partial charge in [-0.25, -0.2) is 0 Å². The molecule has 4 nitrogen and oxygen atoms in total. The molecule has 0 radical (unpaired) electrons. The summed E-state index contributed by atoms with van der Waals surface area (Å²) in [6.45, 7) is 5.07. The van der Waals surface area contributed by atoms with Gasteiger partial charge in [0.05, 0.1) is 6.10 Å². The maximum atomic E-state index is 5.87. The molecule has 0 unspecified atom stereocenters. The van der Waals surface area contributed by atoms with Gasteiger partial charge in [0.25, 0.3) is 0 Å². The molecule has 0 spiro atoms. The Labute approximate surface area is 118 Å². The average molecular weight is 281 g/mol. The zero-order valence-corrected chi connectivity index (χ0v) is 12.5. The molecule has 2 aliphatic carbocycles. The first-order chi connectivity index (χ1) is 9.15. The highest BCUT2D eigenvalue weighted by Gasteiger charge is 2.41. The highest BCUT2D eigenvalue weighted by molar-refractivity contribution is 7.11. The van der Waals surface area contributed by atoms with Crippen LogP contribution in [-0.2, 0) is 0 Å². The number of aromatic nitrogens is 1. The van der Waals surface area contributed by atoms with Gasteiger partial charge in [-0.1, -0.05) is 0 Å². The molecule has 2 fully saturated rings. The monoisotopic (exact) mass is 281 g/mol. The van der Waals surface area contributed by atoms with Crippen molar-refractivity contribution in [3.8, 4) is 5.75 Å². The molecule has 0 bridgehead atoms. The molecule has 106 valence electrons. The minimum atomic E-state index is 0.127. The maximum absolute atomic E-state index is 5.87. The Bertz CT molecular complexity index is 426. The van der Waals surface area contributed by atoms with Crippen LogP contribution in [0.15, 0.2) is 0 Å². The van der Waals surface area contributed by atoms with Crippen molar-refractivity contribution in [2.24, 2.45) is 17.8 Å². The zero-order valence-electron chi connectivity index (χ0n) is 11.7. The first kappa shape index (κ1) is 13.0. The van der Waals surface area contributed by atoms with Crippen molar-refractivity contribution in [1.82, 2.24) is 4.37 Å². The minimum absolute atomic E-state index is 0.127. The van der Waals surface area contributed by atoms with E-state index in [1.165, 1.54) is 37.2 Å². The van der Waals surface area contributed by atoms with Gasteiger partial charge in [-0.05, 0) is 68.8 Å². The molecule has 0 aromatic carbocycles.